The summed E-state index contributed by atoms with van der Waals surface area (Å²) in [6.45, 7) is 0. The summed E-state index contributed by atoms with van der Waals surface area (Å²) in [4.78, 5) is 14.9. The minimum atomic E-state index is -0.200. The van der Waals surface area contributed by atoms with Gasteiger partial charge in [0.2, 0.25) is 5.43 Å². The third-order valence-electron chi connectivity index (χ3n) is 2.79. The van der Waals surface area contributed by atoms with E-state index in [1.165, 1.54) is 6.20 Å². The van der Waals surface area contributed by atoms with Crippen LogP contribution in [0.15, 0.2) is 59.5 Å². The van der Waals surface area contributed by atoms with E-state index < -0.39 is 0 Å². The molecule has 0 radical (unpaired) electrons. The fourth-order valence-corrected chi connectivity index (χ4v) is 2.02. The maximum Gasteiger partial charge on any atom is 0.208 e. The fourth-order valence-electron chi connectivity index (χ4n) is 1.86. The van der Waals surface area contributed by atoms with Gasteiger partial charge in [0.15, 0.2) is 0 Å². The molecule has 0 aliphatic carbocycles. The topological polar surface area (TPSA) is 42.1 Å². The fraction of sp³-hybridized carbons (Fsp3) is 0. The van der Waals surface area contributed by atoms with Crippen LogP contribution in [0.2, 0.25) is 5.02 Å². The largest absolute Gasteiger partial charge is 0.457 e. The van der Waals surface area contributed by atoms with Crippen LogP contribution in [0.3, 0.4) is 0 Å². The number of hydrogen-bond acceptors (Lipinski definition) is 2. The van der Waals surface area contributed by atoms with Gasteiger partial charge in [0.25, 0.3) is 0 Å². The number of halogens is 1. The molecule has 0 atom stereocenters. The van der Waals surface area contributed by atoms with Crippen LogP contribution in [0.25, 0.3) is 10.9 Å². The number of benzene rings is 2. The van der Waals surface area contributed by atoms with E-state index in [-0.39, 0.29) is 10.5 Å². The van der Waals surface area contributed by atoms with E-state index in [0.29, 0.717) is 11.1 Å². The molecule has 0 saturated heterocycles. The molecule has 1 aromatic heterocycles. The first-order chi connectivity index (χ1) is 9.24. The summed E-state index contributed by atoms with van der Waals surface area (Å²) in [7, 11) is 0. The Morgan fingerprint density at radius 2 is 1.79 bits per heavy atom. The second-order valence-corrected chi connectivity index (χ2v) is 4.50. The van der Waals surface area contributed by atoms with Crippen LogP contribution in [-0.4, -0.2) is 4.98 Å². The van der Waals surface area contributed by atoms with Crippen molar-refractivity contribution in [3.63, 3.8) is 0 Å². The highest BCUT2D eigenvalue weighted by molar-refractivity contribution is 6.31. The Labute approximate surface area is 114 Å². The average molecular weight is 272 g/mol. The molecule has 0 bridgehead atoms. The van der Waals surface area contributed by atoms with Crippen LogP contribution in [0.5, 0.6) is 11.5 Å². The first kappa shape index (κ1) is 11.8. The molecule has 1 N–H and O–H groups in total. The summed E-state index contributed by atoms with van der Waals surface area (Å²) in [5.74, 6) is 1.33. The maximum atomic E-state index is 11.9. The Kier molecular flexibility index (Phi) is 2.97. The molecule has 2 aromatic carbocycles. The van der Waals surface area contributed by atoms with Gasteiger partial charge >= 0.3 is 0 Å². The predicted octanol–water partition coefficient (Wildman–Crippen LogP) is 3.97. The number of rotatable bonds is 2. The lowest BCUT2D eigenvalue weighted by Crippen LogP contribution is -2.03. The van der Waals surface area contributed by atoms with Gasteiger partial charge in [0.05, 0.1) is 5.39 Å². The van der Waals surface area contributed by atoms with Crippen LogP contribution >= 0.6 is 11.6 Å². The van der Waals surface area contributed by atoms with Gasteiger partial charge < -0.3 is 9.72 Å². The Hall–Kier alpha value is -2.26. The van der Waals surface area contributed by atoms with Gasteiger partial charge in [-0.1, -0.05) is 29.8 Å². The molecule has 94 valence electrons. The minimum absolute atomic E-state index is 0.171. The zero-order valence-electron chi connectivity index (χ0n) is 9.89. The predicted molar refractivity (Wildman–Crippen MR) is 76.1 cm³/mol. The molecule has 1 heterocycles. The molecule has 0 saturated carbocycles. The molecule has 3 rings (SSSR count). The van der Waals surface area contributed by atoms with Crippen molar-refractivity contribution in [2.24, 2.45) is 0 Å². The highest BCUT2D eigenvalue weighted by Crippen LogP contribution is 2.23. The first-order valence-electron chi connectivity index (χ1n) is 5.78. The van der Waals surface area contributed by atoms with Gasteiger partial charge in [-0.05, 0) is 30.3 Å². The number of pyridine rings is 1. The lowest BCUT2D eigenvalue weighted by Gasteiger charge is -2.06. The molecule has 0 unspecified atom stereocenters. The standard InChI is InChI=1S/C15H10ClNO2/c16-13-9-17-14-7-6-11(8-12(14)15(13)18)19-10-4-2-1-3-5-10/h1-9H,(H,17,18). The monoisotopic (exact) mass is 271 g/mol. The molecule has 4 heteroatoms. The van der Waals surface area contributed by atoms with Crippen LogP contribution in [0.1, 0.15) is 0 Å². The number of aromatic amines is 1. The van der Waals surface area contributed by atoms with Gasteiger partial charge in [0, 0.05) is 11.7 Å². The van der Waals surface area contributed by atoms with Crippen LogP contribution in [-0.2, 0) is 0 Å². The number of fused-ring (bicyclic) bond motifs is 1. The van der Waals surface area contributed by atoms with Crippen molar-refractivity contribution in [1.29, 1.82) is 0 Å². The van der Waals surface area contributed by atoms with E-state index in [1.807, 2.05) is 30.3 Å². The zero-order chi connectivity index (χ0) is 13.2. The summed E-state index contributed by atoms with van der Waals surface area (Å²) >= 11 is 5.82. The summed E-state index contributed by atoms with van der Waals surface area (Å²) in [5.41, 5.74) is 0.531. The Morgan fingerprint density at radius 1 is 1.00 bits per heavy atom. The molecule has 0 aliphatic rings. The van der Waals surface area contributed by atoms with Gasteiger partial charge in [-0.2, -0.15) is 0 Å². The molecule has 0 amide bonds. The number of H-pyrrole nitrogens is 1. The Morgan fingerprint density at radius 3 is 2.58 bits per heavy atom. The smallest absolute Gasteiger partial charge is 0.208 e. The van der Waals surface area contributed by atoms with Crippen LogP contribution < -0.4 is 10.2 Å². The van der Waals surface area contributed by atoms with Crippen molar-refractivity contribution in [3.8, 4) is 11.5 Å². The van der Waals surface area contributed by atoms with Crippen molar-refractivity contribution < 1.29 is 4.74 Å². The third-order valence-corrected chi connectivity index (χ3v) is 3.07. The van der Waals surface area contributed by atoms with E-state index >= 15 is 0 Å². The molecule has 0 spiro atoms. The number of hydrogen-bond donors (Lipinski definition) is 1. The quantitative estimate of drug-likeness (QED) is 0.766. The Balaban J connectivity index is 2.07. The number of nitrogens with one attached hydrogen (secondary N) is 1. The molecular formula is C15H10ClNO2. The van der Waals surface area contributed by atoms with Crippen LogP contribution in [0, 0.1) is 0 Å². The van der Waals surface area contributed by atoms with Crippen molar-refractivity contribution >= 4 is 22.5 Å². The molecular weight excluding hydrogens is 262 g/mol. The Bertz CT molecular complexity index is 781. The summed E-state index contributed by atoms with van der Waals surface area (Å²) in [5, 5.41) is 0.685. The van der Waals surface area contributed by atoms with E-state index in [1.54, 1.807) is 18.2 Å². The lowest BCUT2D eigenvalue weighted by molar-refractivity contribution is 0.483. The summed E-state index contributed by atoms with van der Waals surface area (Å²) in [6.07, 6.45) is 1.49. The second-order valence-electron chi connectivity index (χ2n) is 4.09. The van der Waals surface area contributed by atoms with Crippen molar-refractivity contribution in [2.75, 3.05) is 0 Å². The summed E-state index contributed by atoms with van der Waals surface area (Å²) < 4.78 is 5.69. The first-order valence-corrected chi connectivity index (χ1v) is 6.16. The SMILES string of the molecule is O=c1c(Cl)c[nH]c2ccc(Oc3ccccc3)cc12. The highest BCUT2D eigenvalue weighted by atomic mass is 35.5. The van der Waals surface area contributed by atoms with Crippen molar-refractivity contribution in [3.05, 3.63) is 70.0 Å². The number of para-hydroxylation sites is 1. The lowest BCUT2D eigenvalue weighted by atomic mass is 10.2. The molecule has 0 fully saturated rings. The normalized spacial score (nSPS) is 10.6. The zero-order valence-corrected chi connectivity index (χ0v) is 10.6. The van der Waals surface area contributed by atoms with Gasteiger partial charge in [-0.15, -0.1) is 0 Å². The molecule has 3 aromatic rings. The van der Waals surface area contributed by atoms with E-state index in [0.717, 1.165) is 11.3 Å². The average Bonchev–Trinajstić information content (AvgIpc) is 2.45. The maximum absolute atomic E-state index is 11.9. The van der Waals surface area contributed by atoms with Crippen molar-refractivity contribution in [2.45, 2.75) is 0 Å². The highest BCUT2D eigenvalue weighted by Gasteiger charge is 2.05. The number of ether oxygens (including phenoxy) is 1. The molecule has 19 heavy (non-hydrogen) atoms. The summed E-state index contributed by atoms with van der Waals surface area (Å²) in [6, 6.07) is 14.7. The van der Waals surface area contributed by atoms with E-state index in [2.05, 4.69) is 4.98 Å². The molecule has 3 nitrogen and oxygen atoms in total. The third kappa shape index (κ3) is 2.33. The minimum Gasteiger partial charge on any atom is -0.457 e. The van der Waals surface area contributed by atoms with E-state index in [9.17, 15) is 4.79 Å². The van der Waals surface area contributed by atoms with E-state index in [4.69, 9.17) is 16.3 Å². The van der Waals surface area contributed by atoms with Crippen LogP contribution in [0.4, 0.5) is 0 Å². The van der Waals surface area contributed by atoms with Gasteiger partial charge in [0.1, 0.15) is 16.5 Å². The number of aromatic nitrogens is 1. The second kappa shape index (κ2) is 4.78. The molecule has 0 aliphatic heterocycles. The van der Waals surface area contributed by atoms with Gasteiger partial charge in [-0.25, -0.2) is 0 Å². The van der Waals surface area contributed by atoms with Crippen molar-refractivity contribution in [1.82, 2.24) is 4.98 Å². The van der Waals surface area contributed by atoms with Gasteiger partial charge in [-0.3, -0.25) is 4.79 Å².